The molecule has 1 N–H and O–H groups in total. The van der Waals surface area contributed by atoms with Crippen LogP contribution in [0.4, 0.5) is 0 Å². The average Bonchev–Trinajstić information content (AvgIpc) is 3.20. The van der Waals surface area contributed by atoms with Crippen LogP contribution in [-0.4, -0.2) is 11.2 Å². The molecule has 5 rings (SSSR count). The van der Waals surface area contributed by atoms with Crippen molar-refractivity contribution >= 4 is 11.0 Å². The zero-order valence-corrected chi connectivity index (χ0v) is 18.1. The van der Waals surface area contributed by atoms with Gasteiger partial charge in [-0.25, -0.2) is 0 Å². The van der Waals surface area contributed by atoms with E-state index in [0.717, 1.165) is 30.8 Å². The first-order chi connectivity index (χ1) is 13.4. The van der Waals surface area contributed by atoms with Crippen LogP contribution in [0.3, 0.4) is 0 Å². The predicted molar refractivity (Wildman–Crippen MR) is 115 cm³/mol. The van der Waals surface area contributed by atoms with E-state index >= 15 is 0 Å². The van der Waals surface area contributed by atoms with Gasteiger partial charge < -0.3 is 9.52 Å². The van der Waals surface area contributed by atoms with Gasteiger partial charge in [-0.2, -0.15) is 0 Å². The molecular weight excluding hydrogens is 344 g/mol. The summed E-state index contributed by atoms with van der Waals surface area (Å²) in [6, 6.07) is 2.42. The monoisotopic (exact) mass is 380 g/mol. The first-order valence-corrected chi connectivity index (χ1v) is 11.7. The van der Waals surface area contributed by atoms with E-state index in [1.54, 1.807) is 11.1 Å². The van der Waals surface area contributed by atoms with Crippen molar-refractivity contribution in [3.05, 3.63) is 34.1 Å². The summed E-state index contributed by atoms with van der Waals surface area (Å²) in [5, 5.41) is 11.6. The Bertz CT molecular complexity index is 907. The molecule has 5 unspecified atom stereocenters. The number of furan rings is 1. The fourth-order valence-corrected chi connectivity index (χ4v) is 7.27. The van der Waals surface area contributed by atoms with E-state index in [0.29, 0.717) is 17.3 Å². The zero-order valence-electron chi connectivity index (χ0n) is 18.1. The van der Waals surface area contributed by atoms with Gasteiger partial charge in [-0.3, -0.25) is 0 Å². The molecule has 0 amide bonds. The number of aliphatic hydroxyl groups is 1. The van der Waals surface area contributed by atoms with Gasteiger partial charge in [0.05, 0.1) is 6.10 Å². The summed E-state index contributed by atoms with van der Waals surface area (Å²) in [5.74, 6) is 3.35. The first-order valence-electron chi connectivity index (χ1n) is 11.7. The van der Waals surface area contributed by atoms with Crippen LogP contribution in [0.25, 0.3) is 11.0 Å². The maximum absolute atomic E-state index is 10.2. The predicted octanol–water partition coefficient (Wildman–Crippen LogP) is 6.61. The number of fused-ring (bicyclic) bond motifs is 6. The standard InChI is InChI=1S/C26H36O2/c1-5-6-7-23-16(3)25-15(2)20-13-22-19(21(20)14-24(25)28-23)9-8-17-12-18(27)10-11-26(17,22)4/h14,17-19,22,27H,5-13H2,1-4H3. The van der Waals surface area contributed by atoms with E-state index in [1.165, 1.54) is 60.8 Å². The van der Waals surface area contributed by atoms with Crippen molar-refractivity contribution in [1.29, 1.82) is 0 Å². The molecule has 152 valence electrons. The van der Waals surface area contributed by atoms with Gasteiger partial charge in [0, 0.05) is 11.8 Å². The molecule has 2 nitrogen and oxygen atoms in total. The van der Waals surface area contributed by atoms with Gasteiger partial charge in [-0.05, 0) is 110 Å². The molecule has 28 heavy (non-hydrogen) atoms. The Morgan fingerprint density at radius 1 is 1.18 bits per heavy atom. The molecule has 0 saturated heterocycles. The average molecular weight is 381 g/mol. The van der Waals surface area contributed by atoms with Gasteiger partial charge >= 0.3 is 0 Å². The molecule has 1 aromatic carbocycles. The molecule has 2 aromatic rings. The van der Waals surface area contributed by atoms with Crippen LogP contribution < -0.4 is 0 Å². The summed E-state index contributed by atoms with van der Waals surface area (Å²) in [6.45, 7) is 9.39. The Balaban J connectivity index is 1.56. The first kappa shape index (κ1) is 18.7. The minimum absolute atomic E-state index is 0.0633. The zero-order chi connectivity index (χ0) is 19.6. The van der Waals surface area contributed by atoms with Crippen LogP contribution in [0.15, 0.2) is 10.5 Å². The van der Waals surface area contributed by atoms with E-state index in [2.05, 4.69) is 33.8 Å². The van der Waals surface area contributed by atoms with Gasteiger partial charge in [0.2, 0.25) is 0 Å². The SMILES string of the molecule is CCCCc1oc2cc3c(c(C)c2c1C)CC1C3CCC2CC(O)CCC21C. The van der Waals surface area contributed by atoms with E-state index in [-0.39, 0.29) is 6.10 Å². The number of hydrogen-bond acceptors (Lipinski definition) is 2. The topological polar surface area (TPSA) is 33.4 Å². The molecule has 1 aromatic heterocycles. The summed E-state index contributed by atoms with van der Waals surface area (Å²) in [4.78, 5) is 0. The highest BCUT2D eigenvalue weighted by Crippen LogP contribution is 2.62. The highest BCUT2D eigenvalue weighted by atomic mass is 16.3. The van der Waals surface area contributed by atoms with Gasteiger partial charge in [0.1, 0.15) is 11.3 Å². The second kappa shape index (κ2) is 6.62. The van der Waals surface area contributed by atoms with Crippen LogP contribution >= 0.6 is 0 Å². The van der Waals surface area contributed by atoms with Crippen LogP contribution in [0, 0.1) is 31.1 Å². The van der Waals surface area contributed by atoms with Crippen molar-refractivity contribution in [2.24, 2.45) is 17.3 Å². The molecule has 2 heteroatoms. The number of hydrogen-bond donors (Lipinski definition) is 1. The maximum Gasteiger partial charge on any atom is 0.135 e. The Morgan fingerprint density at radius 2 is 2.00 bits per heavy atom. The Morgan fingerprint density at radius 3 is 2.79 bits per heavy atom. The lowest BCUT2D eigenvalue weighted by Gasteiger charge is -2.53. The summed E-state index contributed by atoms with van der Waals surface area (Å²) >= 11 is 0. The second-order valence-corrected chi connectivity index (χ2v) is 10.3. The quantitative estimate of drug-likeness (QED) is 0.650. The molecule has 1 heterocycles. The minimum Gasteiger partial charge on any atom is -0.461 e. The van der Waals surface area contributed by atoms with Gasteiger partial charge in [-0.1, -0.05) is 20.3 Å². The van der Waals surface area contributed by atoms with Crippen LogP contribution in [0.2, 0.25) is 0 Å². The van der Waals surface area contributed by atoms with Gasteiger partial charge in [0.25, 0.3) is 0 Å². The van der Waals surface area contributed by atoms with Crippen molar-refractivity contribution in [3.8, 4) is 0 Å². The van der Waals surface area contributed by atoms with Crippen molar-refractivity contribution in [2.45, 2.75) is 97.5 Å². The maximum atomic E-state index is 10.2. The highest BCUT2D eigenvalue weighted by Gasteiger charge is 2.53. The highest BCUT2D eigenvalue weighted by molar-refractivity contribution is 5.88. The lowest BCUT2D eigenvalue weighted by atomic mass is 9.52. The van der Waals surface area contributed by atoms with Gasteiger partial charge in [-0.15, -0.1) is 0 Å². The third-order valence-corrected chi connectivity index (χ3v) is 8.98. The molecular formula is C26H36O2. The molecule has 0 bridgehead atoms. The van der Waals surface area contributed by atoms with Crippen LogP contribution in [0.1, 0.15) is 92.7 Å². The summed E-state index contributed by atoms with van der Waals surface area (Å²) in [7, 11) is 0. The van der Waals surface area contributed by atoms with E-state index in [9.17, 15) is 5.11 Å². The summed E-state index contributed by atoms with van der Waals surface area (Å²) < 4.78 is 6.40. The third-order valence-electron chi connectivity index (χ3n) is 8.98. The molecule has 0 spiro atoms. The summed E-state index contributed by atoms with van der Waals surface area (Å²) in [5.41, 5.74) is 7.62. The van der Waals surface area contributed by atoms with Crippen LogP contribution in [-0.2, 0) is 12.8 Å². The number of benzene rings is 1. The molecule has 0 radical (unpaired) electrons. The lowest BCUT2D eigenvalue weighted by molar-refractivity contribution is -0.0508. The van der Waals surface area contributed by atoms with Crippen molar-refractivity contribution in [2.75, 3.05) is 0 Å². The largest absolute Gasteiger partial charge is 0.461 e. The Kier molecular flexibility index (Phi) is 4.43. The fraction of sp³-hybridized carbons (Fsp3) is 0.692. The van der Waals surface area contributed by atoms with E-state index < -0.39 is 0 Å². The molecule has 2 fully saturated rings. The number of rotatable bonds is 3. The minimum atomic E-state index is -0.0633. The molecule has 3 aliphatic carbocycles. The Labute approximate surface area is 169 Å². The fourth-order valence-electron chi connectivity index (χ4n) is 7.27. The van der Waals surface area contributed by atoms with Crippen LogP contribution in [0.5, 0.6) is 0 Å². The lowest BCUT2D eigenvalue weighted by Crippen LogP contribution is -2.46. The molecule has 0 aliphatic heterocycles. The van der Waals surface area contributed by atoms with Gasteiger partial charge in [0.15, 0.2) is 0 Å². The Hall–Kier alpha value is -1.28. The molecule has 3 aliphatic rings. The van der Waals surface area contributed by atoms with Crippen molar-refractivity contribution in [3.63, 3.8) is 0 Å². The summed E-state index contributed by atoms with van der Waals surface area (Å²) in [6.07, 6.45) is 10.4. The van der Waals surface area contributed by atoms with E-state index in [4.69, 9.17) is 4.42 Å². The molecule has 5 atom stereocenters. The third kappa shape index (κ3) is 2.56. The molecule has 2 saturated carbocycles. The van der Waals surface area contributed by atoms with Crippen molar-refractivity contribution in [1.82, 2.24) is 0 Å². The second-order valence-electron chi connectivity index (χ2n) is 10.3. The number of aliphatic hydroxyl groups excluding tert-OH is 1. The number of aryl methyl sites for hydroxylation is 3. The number of unbranched alkanes of at least 4 members (excludes halogenated alkanes) is 1. The van der Waals surface area contributed by atoms with E-state index in [1.807, 2.05) is 0 Å². The smallest absolute Gasteiger partial charge is 0.135 e. The normalized spacial score (nSPS) is 34.3. The van der Waals surface area contributed by atoms with Crippen molar-refractivity contribution < 1.29 is 9.52 Å².